The van der Waals surface area contributed by atoms with Gasteiger partial charge in [-0.05, 0) is 11.6 Å². The second kappa shape index (κ2) is 6.29. The number of rotatable bonds is 4. The van der Waals surface area contributed by atoms with Crippen LogP contribution in [-0.2, 0) is 6.42 Å². The Morgan fingerprint density at radius 1 is 1.12 bits per heavy atom. The number of aromatic nitrogens is 3. The van der Waals surface area contributed by atoms with Crippen LogP contribution in [0.25, 0.3) is 22.6 Å². The number of nitrogens with zero attached hydrogens (tertiary/aromatic N) is 2. The Morgan fingerprint density at radius 3 is 2.62 bits per heavy atom. The molecule has 0 saturated carbocycles. The molecule has 0 radical (unpaired) electrons. The first-order chi connectivity index (χ1) is 12.6. The lowest BCUT2D eigenvalue weighted by atomic mass is 9.99. The zero-order valence-electron chi connectivity index (χ0n) is 13.6. The van der Waals surface area contributed by atoms with Gasteiger partial charge < -0.3 is 15.1 Å². The van der Waals surface area contributed by atoms with Crippen molar-refractivity contribution in [1.82, 2.24) is 15.0 Å². The van der Waals surface area contributed by atoms with Crippen LogP contribution >= 0.6 is 0 Å². The van der Waals surface area contributed by atoms with Gasteiger partial charge in [0.25, 0.3) is 0 Å². The van der Waals surface area contributed by atoms with Crippen LogP contribution < -0.4 is 11.2 Å². The first kappa shape index (κ1) is 15.8. The largest absolute Gasteiger partial charge is 0.443 e. The van der Waals surface area contributed by atoms with Gasteiger partial charge in [-0.25, -0.2) is 9.97 Å². The summed E-state index contributed by atoms with van der Waals surface area (Å²) < 4.78 is 5.38. The van der Waals surface area contributed by atoms with Crippen molar-refractivity contribution >= 4 is 16.9 Å². The number of carbonyl (C=O) groups is 1. The van der Waals surface area contributed by atoms with E-state index in [2.05, 4.69) is 15.0 Å². The van der Waals surface area contributed by atoms with E-state index in [-0.39, 0.29) is 27.9 Å². The van der Waals surface area contributed by atoms with E-state index in [0.29, 0.717) is 17.7 Å². The number of benzene rings is 1. The van der Waals surface area contributed by atoms with Crippen molar-refractivity contribution in [3.63, 3.8) is 0 Å². The monoisotopic (exact) mass is 346 g/mol. The molecule has 1 aromatic carbocycles. The van der Waals surface area contributed by atoms with E-state index < -0.39 is 5.91 Å². The van der Waals surface area contributed by atoms with Crippen LogP contribution in [0.2, 0.25) is 0 Å². The average Bonchev–Trinajstić information content (AvgIpc) is 3.18. The normalized spacial score (nSPS) is 10.9. The third-order valence-electron chi connectivity index (χ3n) is 4.13. The third-order valence-corrected chi connectivity index (χ3v) is 4.13. The molecule has 0 aliphatic heterocycles. The molecule has 3 N–H and O–H groups in total. The van der Waals surface area contributed by atoms with Crippen LogP contribution in [-0.4, -0.2) is 20.9 Å². The summed E-state index contributed by atoms with van der Waals surface area (Å²) in [5.41, 5.74) is 7.31. The molecule has 4 rings (SSSR count). The Hall–Kier alpha value is -3.74. The summed E-state index contributed by atoms with van der Waals surface area (Å²) in [6, 6.07) is 11.0. The van der Waals surface area contributed by atoms with Gasteiger partial charge in [0.15, 0.2) is 5.43 Å². The molecule has 0 saturated heterocycles. The highest BCUT2D eigenvalue weighted by Crippen LogP contribution is 2.23. The minimum Gasteiger partial charge on any atom is -0.443 e. The first-order valence-electron chi connectivity index (χ1n) is 7.92. The van der Waals surface area contributed by atoms with E-state index in [1.54, 1.807) is 0 Å². The third kappa shape index (κ3) is 2.65. The molecule has 1 amide bonds. The number of primary amides is 1. The van der Waals surface area contributed by atoms with Crippen LogP contribution in [0.5, 0.6) is 0 Å². The average molecular weight is 346 g/mol. The molecule has 4 aromatic rings. The number of hydrogen-bond acceptors (Lipinski definition) is 5. The molecule has 128 valence electrons. The Kier molecular flexibility index (Phi) is 3.81. The lowest BCUT2D eigenvalue weighted by Gasteiger charge is -2.10. The number of aromatic amines is 1. The van der Waals surface area contributed by atoms with E-state index in [9.17, 15) is 9.59 Å². The van der Waals surface area contributed by atoms with Crippen molar-refractivity contribution in [3.05, 3.63) is 82.0 Å². The van der Waals surface area contributed by atoms with Gasteiger partial charge in [0.1, 0.15) is 17.6 Å². The van der Waals surface area contributed by atoms with Gasteiger partial charge in [0.2, 0.25) is 11.8 Å². The number of nitrogens with one attached hydrogen (secondary N) is 1. The molecule has 0 aliphatic carbocycles. The standard InChI is InChI=1S/C19H14N4O3/c20-17(25)12-6-7-21-18-14(12)16(24)13(10-11-4-2-1-3-5-11)15(23-18)19-22-8-9-26-19/h1-9H,10H2,(H2,20,25)(H,21,23,24). The van der Waals surface area contributed by atoms with Gasteiger partial charge in [-0.2, -0.15) is 0 Å². The second-order valence-electron chi connectivity index (χ2n) is 5.75. The maximum atomic E-state index is 13.2. The molecule has 0 atom stereocenters. The van der Waals surface area contributed by atoms with Crippen molar-refractivity contribution < 1.29 is 9.21 Å². The lowest BCUT2D eigenvalue weighted by molar-refractivity contribution is 0.100. The SMILES string of the molecule is NC(=O)c1ccnc2[nH]c(-c3ncco3)c(Cc3ccccc3)c(=O)c12. The summed E-state index contributed by atoms with van der Waals surface area (Å²) in [6.45, 7) is 0. The van der Waals surface area contributed by atoms with E-state index in [0.717, 1.165) is 5.56 Å². The summed E-state index contributed by atoms with van der Waals surface area (Å²) in [4.78, 5) is 36.4. The highest BCUT2D eigenvalue weighted by atomic mass is 16.3. The number of amides is 1. The summed E-state index contributed by atoms with van der Waals surface area (Å²) in [5, 5.41) is 0.168. The molecule has 3 heterocycles. The lowest BCUT2D eigenvalue weighted by Crippen LogP contribution is -2.20. The highest BCUT2D eigenvalue weighted by molar-refractivity contribution is 6.04. The Labute approximate surface area is 147 Å². The quantitative estimate of drug-likeness (QED) is 0.588. The summed E-state index contributed by atoms with van der Waals surface area (Å²) in [7, 11) is 0. The second-order valence-corrected chi connectivity index (χ2v) is 5.75. The summed E-state index contributed by atoms with van der Waals surface area (Å²) >= 11 is 0. The molecular formula is C19H14N4O3. The molecule has 3 aromatic heterocycles. The number of carbonyl (C=O) groups excluding carboxylic acids is 1. The van der Waals surface area contributed by atoms with Crippen LogP contribution in [0.4, 0.5) is 0 Å². The molecule has 0 unspecified atom stereocenters. The smallest absolute Gasteiger partial charge is 0.249 e. The maximum absolute atomic E-state index is 13.2. The summed E-state index contributed by atoms with van der Waals surface area (Å²) in [5.74, 6) is -0.404. The van der Waals surface area contributed by atoms with Gasteiger partial charge in [0, 0.05) is 18.2 Å². The van der Waals surface area contributed by atoms with Gasteiger partial charge >= 0.3 is 0 Å². The molecular weight excluding hydrogens is 332 g/mol. The Morgan fingerprint density at radius 2 is 1.92 bits per heavy atom. The first-order valence-corrected chi connectivity index (χ1v) is 7.92. The van der Waals surface area contributed by atoms with Crippen molar-refractivity contribution in [2.75, 3.05) is 0 Å². The van der Waals surface area contributed by atoms with Crippen molar-refractivity contribution in [1.29, 1.82) is 0 Å². The minimum atomic E-state index is -0.683. The van der Waals surface area contributed by atoms with E-state index >= 15 is 0 Å². The molecule has 0 aliphatic rings. The molecule has 0 fully saturated rings. The van der Waals surface area contributed by atoms with Crippen LogP contribution in [0, 0.1) is 0 Å². The van der Waals surface area contributed by atoms with Crippen molar-refractivity contribution in [3.8, 4) is 11.6 Å². The topological polar surface area (TPSA) is 115 Å². The molecule has 26 heavy (non-hydrogen) atoms. The van der Waals surface area contributed by atoms with Crippen molar-refractivity contribution in [2.45, 2.75) is 6.42 Å². The van der Waals surface area contributed by atoms with E-state index in [4.69, 9.17) is 10.2 Å². The predicted octanol–water partition coefficient (Wildman–Crippen LogP) is 2.27. The molecule has 0 spiro atoms. The fraction of sp³-hybridized carbons (Fsp3) is 0.0526. The van der Waals surface area contributed by atoms with Crippen LogP contribution in [0.15, 0.2) is 64.3 Å². The van der Waals surface area contributed by atoms with Gasteiger partial charge in [-0.1, -0.05) is 30.3 Å². The number of hydrogen-bond donors (Lipinski definition) is 2. The predicted molar refractivity (Wildman–Crippen MR) is 95.6 cm³/mol. The number of nitrogens with two attached hydrogens (primary N) is 1. The summed E-state index contributed by atoms with van der Waals surface area (Å²) in [6.07, 6.45) is 4.69. The Bertz CT molecular complexity index is 1150. The van der Waals surface area contributed by atoms with Crippen molar-refractivity contribution in [2.24, 2.45) is 5.73 Å². The van der Waals surface area contributed by atoms with Gasteiger partial charge in [-0.3, -0.25) is 9.59 Å². The highest BCUT2D eigenvalue weighted by Gasteiger charge is 2.20. The molecule has 7 nitrogen and oxygen atoms in total. The molecule has 0 bridgehead atoms. The number of fused-ring (bicyclic) bond motifs is 1. The number of H-pyrrole nitrogens is 1. The fourth-order valence-electron chi connectivity index (χ4n) is 2.95. The van der Waals surface area contributed by atoms with E-state index in [1.807, 2.05) is 30.3 Å². The molecule has 7 heteroatoms. The van der Waals surface area contributed by atoms with Gasteiger partial charge in [0.05, 0.1) is 17.1 Å². The maximum Gasteiger partial charge on any atom is 0.249 e. The Balaban J connectivity index is 2.04. The van der Waals surface area contributed by atoms with Crippen LogP contribution in [0.3, 0.4) is 0 Å². The van der Waals surface area contributed by atoms with E-state index in [1.165, 1.54) is 24.7 Å². The zero-order valence-corrected chi connectivity index (χ0v) is 13.6. The zero-order chi connectivity index (χ0) is 18.1. The minimum absolute atomic E-state index is 0.129. The number of pyridine rings is 2. The van der Waals surface area contributed by atoms with Crippen LogP contribution in [0.1, 0.15) is 21.5 Å². The van der Waals surface area contributed by atoms with Gasteiger partial charge in [-0.15, -0.1) is 0 Å². The number of oxazole rings is 1. The fourth-order valence-corrected chi connectivity index (χ4v) is 2.95.